The first-order valence-electron chi connectivity index (χ1n) is 12.2. The molecule has 2 atom stereocenters. The largest absolute Gasteiger partial charge is 0.455 e. The van der Waals surface area contributed by atoms with Gasteiger partial charge >= 0.3 is 0 Å². The topological polar surface area (TPSA) is 54.7 Å². The SMILES string of the molecule is Cc1cc([C@@H](C)Nc2ccccc2)c2oc(-c3ccc(C4CN(C)CCO4)cc3)c(C)c(=O)c2c1. The predicted molar refractivity (Wildman–Crippen MR) is 142 cm³/mol. The van der Waals surface area contributed by atoms with Crippen molar-refractivity contribution < 1.29 is 9.15 Å². The first-order valence-corrected chi connectivity index (χ1v) is 12.2. The van der Waals surface area contributed by atoms with Gasteiger partial charge in [0.25, 0.3) is 0 Å². The van der Waals surface area contributed by atoms with Gasteiger partial charge in [-0.05, 0) is 57.1 Å². The lowest BCUT2D eigenvalue weighted by molar-refractivity contribution is -0.0208. The molecule has 1 saturated heterocycles. The molecular formula is C30H32N2O3. The van der Waals surface area contributed by atoms with Crippen molar-refractivity contribution in [3.8, 4) is 11.3 Å². The second-order valence-corrected chi connectivity index (χ2v) is 9.59. The lowest BCUT2D eigenvalue weighted by Gasteiger charge is -2.30. The minimum absolute atomic E-state index is 0.0134. The van der Waals surface area contributed by atoms with Crippen molar-refractivity contribution in [1.82, 2.24) is 4.90 Å². The van der Waals surface area contributed by atoms with Gasteiger partial charge in [-0.3, -0.25) is 4.79 Å². The zero-order valence-electron chi connectivity index (χ0n) is 20.8. The highest BCUT2D eigenvalue weighted by Crippen LogP contribution is 2.33. The highest BCUT2D eigenvalue weighted by molar-refractivity contribution is 5.84. The molecule has 180 valence electrons. The van der Waals surface area contributed by atoms with Crippen LogP contribution in [0.5, 0.6) is 0 Å². The van der Waals surface area contributed by atoms with Crippen LogP contribution in [0.15, 0.2) is 75.9 Å². The second-order valence-electron chi connectivity index (χ2n) is 9.59. The van der Waals surface area contributed by atoms with E-state index in [2.05, 4.69) is 42.4 Å². The Morgan fingerprint density at radius 3 is 2.49 bits per heavy atom. The number of morpholine rings is 1. The van der Waals surface area contributed by atoms with Gasteiger partial charge in [-0.25, -0.2) is 0 Å². The molecule has 3 aromatic carbocycles. The number of nitrogens with one attached hydrogen (secondary N) is 1. The molecule has 5 nitrogen and oxygen atoms in total. The maximum Gasteiger partial charge on any atom is 0.196 e. The molecule has 1 aliphatic rings. The summed E-state index contributed by atoms with van der Waals surface area (Å²) in [6, 6.07) is 22.3. The van der Waals surface area contributed by atoms with Gasteiger partial charge in [0.15, 0.2) is 5.43 Å². The number of likely N-dealkylation sites (N-methyl/N-ethyl adjacent to an activating group) is 1. The third-order valence-corrected chi connectivity index (χ3v) is 6.83. The maximum atomic E-state index is 13.5. The van der Waals surface area contributed by atoms with E-state index in [1.54, 1.807) is 0 Å². The Balaban J connectivity index is 1.55. The Morgan fingerprint density at radius 1 is 1.03 bits per heavy atom. The zero-order valence-corrected chi connectivity index (χ0v) is 20.8. The van der Waals surface area contributed by atoms with Crippen LogP contribution in [0.1, 0.15) is 41.3 Å². The highest BCUT2D eigenvalue weighted by atomic mass is 16.5. The molecule has 1 N–H and O–H groups in total. The van der Waals surface area contributed by atoms with E-state index in [1.807, 2.05) is 62.4 Å². The molecule has 35 heavy (non-hydrogen) atoms. The van der Waals surface area contributed by atoms with Gasteiger partial charge in [0, 0.05) is 35.5 Å². The highest BCUT2D eigenvalue weighted by Gasteiger charge is 2.21. The molecule has 0 saturated carbocycles. The second kappa shape index (κ2) is 9.68. The zero-order chi connectivity index (χ0) is 24.5. The average Bonchev–Trinajstić information content (AvgIpc) is 2.87. The van der Waals surface area contributed by atoms with Crippen LogP contribution < -0.4 is 10.7 Å². The van der Waals surface area contributed by atoms with Crippen LogP contribution in [-0.4, -0.2) is 31.6 Å². The van der Waals surface area contributed by atoms with E-state index in [0.717, 1.165) is 47.6 Å². The number of hydrogen-bond acceptors (Lipinski definition) is 5. The number of fused-ring (bicyclic) bond motifs is 1. The van der Waals surface area contributed by atoms with Crippen LogP contribution in [0.25, 0.3) is 22.3 Å². The number of benzene rings is 3. The molecule has 1 fully saturated rings. The van der Waals surface area contributed by atoms with E-state index < -0.39 is 0 Å². The summed E-state index contributed by atoms with van der Waals surface area (Å²) in [7, 11) is 2.12. The predicted octanol–water partition coefficient (Wildman–Crippen LogP) is 6.25. The number of anilines is 1. The van der Waals surface area contributed by atoms with Gasteiger partial charge in [-0.15, -0.1) is 0 Å². The maximum absolute atomic E-state index is 13.5. The Hall–Kier alpha value is -3.41. The van der Waals surface area contributed by atoms with Gasteiger partial charge < -0.3 is 19.4 Å². The van der Waals surface area contributed by atoms with Crippen molar-refractivity contribution in [2.24, 2.45) is 0 Å². The van der Waals surface area contributed by atoms with Crippen LogP contribution in [0.2, 0.25) is 0 Å². The van der Waals surface area contributed by atoms with Gasteiger partial charge in [0.2, 0.25) is 0 Å². The number of nitrogens with zero attached hydrogens (tertiary/aromatic N) is 1. The molecule has 5 heteroatoms. The lowest BCUT2D eigenvalue weighted by atomic mass is 9.98. The number of para-hydroxylation sites is 1. The number of hydrogen-bond donors (Lipinski definition) is 1. The fourth-order valence-corrected chi connectivity index (χ4v) is 4.86. The fourth-order valence-electron chi connectivity index (χ4n) is 4.86. The van der Waals surface area contributed by atoms with E-state index in [-0.39, 0.29) is 17.6 Å². The Bertz CT molecular complexity index is 1390. The molecule has 0 radical (unpaired) electrons. The molecule has 1 aliphatic heterocycles. The molecule has 0 bridgehead atoms. The quantitative estimate of drug-likeness (QED) is 0.375. The van der Waals surface area contributed by atoms with E-state index in [9.17, 15) is 4.79 Å². The molecule has 1 aromatic heterocycles. The molecule has 5 rings (SSSR count). The molecular weight excluding hydrogens is 436 g/mol. The Morgan fingerprint density at radius 2 is 1.77 bits per heavy atom. The number of aryl methyl sites for hydroxylation is 1. The van der Waals surface area contributed by atoms with Crippen molar-refractivity contribution in [3.63, 3.8) is 0 Å². The van der Waals surface area contributed by atoms with Gasteiger partial charge in [-0.2, -0.15) is 0 Å². The summed E-state index contributed by atoms with van der Waals surface area (Å²) in [5.74, 6) is 0.618. The van der Waals surface area contributed by atoms with E-state index >= 15 is 0 Å². The third-order valence-electron chi connectivity index (χ3n) is 6.83. The van der Waals surface area contributed by atoms with Crippen molar-refractivity contribution >= 4 is 16.7 Å². The molecule has 0 aliphatic carbocycles. The fraction of sp³-hybridized carbons (Fsp3) is 0.300. The monoisotopic (exact) mass is 468 g/mol. The average molecular weight is 469 g/mol. The van der Waals surface area contributed by atoms with Crippen LogP contribution in [0.3, 0.4) is 0 Å². The minimum atomic E-state index is -0.0404. The molecule has 1 unspecified atom stereocenters. The molecule has 2 heterocycles. The Kier molecular flexibility index (Phi) is 6.46. The van der Waals surface area contributed by atoms with E-state index in [1.165, 1.54) is 0 Å². The van der Waals surface area contributed by atoms with Crippen LogP contribution in [0.4, 0.5) is 5.69 Å². The summed E-state index contributed by atoms with van der Waals surface area (Å²) in [6.07, 6.45) is 0.0620. The summed E-state index contributed by atoms with van der Waals surface area (Å²) < 4.78 is 12.5. The first-order chi connectivity index (χ1) is 16.9. The van der Waals surface area contributed by atoms with Crippen molar-refractivity contribution in [2.45, 2.75) is 32.9 Å². The van der Waals surface area contributed by atoms with E-state index in [4.69, 9.17) is 9.15 Å². The standard InChI is InChI=1S/C30H32N2O3/c1-19-16-25(21(3)31-24-8-6-5-7-9-24)30-26(17-19)28(33)20(2)29(35-30)23-12-10-22(11-13-23)27-18-32(4)14-15-34-27/h5-13,16-17,21,27,31H,14-15,18H2,1-4H3/t21-,27?/m1/s1. The smallest absolute Gasteiger partial charge is 0.196 e. The van der Waals surface area contributed by atoms with E-state index in [0.29, 0.717) is 22.3 Å². The van der Waals surface area contributed by atoms with Gasteiger partial charge in [-0.1, -0.05) is 48.5 Å². The van der Waals surface area contributed by atoms with Crippen LogP contribution in [-0.2, 0) is 4.74 Å². The van der Waals surface area contributed by atoms with Crippen molar-refractivity contribution in [2.75, 3.05) is 32.1 Å². The summed E-state index contributed by atoms with van der Waals surface area (Å²) in [5, 5.41) is 4.16. The lowest BCUT2D eigenvalue weighted by Crippen LogP contribution is -2.35. The van der Waals surface area contributed by atoms with Crippen LogP contribution in [0, 0.1) is 13.8 Å². The minimum Gasteiger partial charge on any atom is -0.455 e. The van der Waals surface area contributed by atoms with Crippen molar-refractivity contribution in [1.29, 1.82) is 0 Å². The normalized spacial score (nSPS) is 17.4. The number of rotatable bonds is 5. The Labute approximate surface area is 206 Å². The number of ether oxygens (including phenoxy) is 1. The summed E-state index contributed by atoms with van der Waals surface area (Å²) in [6.45, 7) is 8.52. The van der Waals surface area contributed by atoms with Gasteiger partial charge in [0.1, 0.15) is 11.3 Å². The molecule has 0 spiro atoms. The summed E-state index contributed by atoms with van der Waals surface area (Å²) >= 11 is 0. The third kappa shape index (κ3) is 4.75. The first kappa shape index (κ1) is 23.3. The summed E-state index contributed by atoms with van der Waals surface area (Å²) in [4.78, 5) is 15.7. The summed E-state index contributed by atoms with van der Waals surface area (Å²) in [5.41, 5.74) is 6.34. The molecule has 0 amide bonds. The van der Waals surface area contributed by atoms with Crippen LogP contribution >= 0.6 is 0 Å². The van der Waals surface area contributed by atoms with Crippen molar-refractivity contribution in [3.05, 3.63) is 99.2 Å². The molecule has 4 aromatic rings. The van der Waals surface area contributed by atoms with Gasteiger partial charge in [0.05, 0.1) is 24.1 Å².